The zero-order valence-corrected chi connectivity index (χ0v) is 10.5. The second-order valence-electron chi connectivity index (χ2n) is 4.49. The smallest absolute Gasteiger partial charge is 0.323 e. The van der Waals surface area contributed by atoms with Crippen molar-refractivity contribution in [3.05, 3.63) is 0 Å². The quantitative estimate of drug-likeness (QED) is 0.684. The highest BCUT2D eigenvalue weighted by molar-refractivity contribution is 5.84. The number of aliphatic carboxylic acids is 1. The van der Waals surface area contributed by atoms with Crippen LogP contribution in [0.3, 0.4) is 0 Å². The van der Waals surface area contributed by atoms with Gasteiger partial charge in [-0.05, 0) is 20.9 Å². The van der Waals surface area contributed by atoms with Crippen LogP contribution in [0.25, 0.3) is 0 Å². The molecule has 2 unspecified atom stereocenters. The summed E-state index contributed by atoms with van der Waals surface area (Å²) in [6, 6.07) is -0.158. The molecule has 1 aliphatic heterocycles. The van der Waals surface area contributed by atoms with Gasteiger partial charge in [0.15, 0.2) is 0 Å². The van der Waals surface area contributed by atoms with Gasteiger partial charge in [0.2, 0.25) is 5.91 Å². The lowest BCUT2D eigenvalue weighted by Crippen LogP contribution is -2.49. The van der Waals surface area contributed by atoms with E-state index < -0.39 is 5.97 Å². The van der Waals surface area contributed by atoms with Gasteiger partial charge in [-0.1, -0.05) is 0 Å². The van der Waals surface area contributed by atoms with Crippen molar-refractivity contribution in [2.45, 2.75) is 25.9 Å². The fraction of sp³-hybridized carbons (Fsp3) is 0.818. The summed E-state index contributed by atoms with van der Waals surface area (Å²) < 4.78 is 5.26. The van der Waals surface area contributed by atoms with Crippen molar-refractivity contribution < 1.29 is 19.4 Å². The first-order chi connectivity index (χ1) is 7.97. The number of ether oxygens (including phenoxy) is 1. The van der Waals surface area contributed by atoms with E-state index in [1.807, 2.05) is 13.8 Å². The Morgan fingerprint density at radius 2 is 2.12 bits per heavy atom. The van der Waals surface area contributed by atoms with Crippen LogP contribution in [-0.4, -0.2) is 60.8 Å². The molecule has 0 aromatic rings. The molecule has 0 saturated carbocycles. The van der Waals surface area contributed by atoms with Crippen LogP contribution in [0.2, 0.25) is 0 Å². The third-order valence-corrected chi connectivity index (χ3v) is 2.98. The number of hydrogen-bond donors (Lipinski definition) is 2. The van der Waals surface area contributed by atoms with Gasteiger partial charge in [0.05, 0.1) is 19.1 Å². The summed E-state index contributed by atoms with van der Waals surface area (Å²) in [7, 11) is 1.77. The summed E-state index contributed by atoms with van der Waals surface area (Å²) >= 11 is 0. The molecule has 0 radical (unpaired) electrons. The average Bonchev–Trinajstić information content (AvgIpc) is 2.72. The molecule has 0 aromatic heterocycles. The minimum atomic E-state index is -0.994. The number of rotatable bonds is 5. The molecule has 0 spiro atoms. The zero-order valence-electron chi connectivity index (χ0n) is 10.5. The summed E-state index contributed by atoms with van der Waals surface area (Å²) in [5, 5.41) is 11.8. The van der Waals surface area contributed by atoms with E-state index >= 15 is 0 Å². The van der Waals surface area contributed by atoms with Crippen molar-refractivity contribution in [3.8, 4) is 0 Å². The Kier molecular flexibility index (Phi) is 4.89. The van der Waals surface area contributed by atoms with Gasteiger partial charge in [-0.15, -0.1) is 0 Å². The molecule has 98 valence electrons. The lowest BCUT2D eigenvalue weighted by atomic mass is 10.0. The second-order valence-corrected chi connectivity index (χ2v) is 4.49. The lowest BCUT2D eigenvalue weighted by Gasteiger charge is -2.29. The third kappa shape index (κ3) is 3.41. The minimum Gasteiger partial charge on any atom is -0.480 e. The Morgan fingerprint density at radius 3 is 2.59 bits per heavy atom. The van der Waals surface area contributed by atoms with Crippen LogP contribution in [0.15, 0.2) is 0 Å². The average molecular weight is 244 g/mol. The summed E-state index contributed by atoms with van der Waals surface area (Å²) in [4.78, 5) is 24.4. The Bertz CT molecular complexity index is 293. The van der Waals surface area contributed by atoms with Gasteiger partial charge < -0.3 is 20.1 Å². The maximum Gasteiger partial charge on any atom is 0.323 e. The molecule has 1 amide bonds. The fourth-order valence-electron chi connectivity index (χ4n) is 1.96. The number of carboxylic acid groups (broad SMARTS) is 1. The molecule has 2 atom stereocenters. The summed E-state index contributed by atoms with van der Waals surface area (Å²) in [5.74, 6) is -1.44. The van der Waals surface area contributed by atoms with Crippen molar-refractivity contribution in [2.75, 3.05) is 26.8 Å². The number of nitrogens with one attached hydrogen (secondary N) is 1. The SMILES string of the molecule is CNC1COCC1C(=O)N(CC(=O)O)C(C)C. The van der Waals surface area contributed by atoms with E-state index in [2.05, 4.69) is 5.32 Å². The predicted octanol–water partition coefficient (Wildman–Crippen LogP) is -0.458. The number of nitrogens with zero attached hydrogens (tertiary/aromatic N) is 1. The highest BCUT2D eigenvalue weighted by Gasteiger charge is 2.36. The molecule has 17 heavy (non-hydrogen) atoms. The van der Waals surface area contributed by atoms with E-state index in [1.54, 1.807) is 7.05 Å². The van der Waals surface area contributed by atoms with Crippen molar-refractivity contribution in [2.24, 2.45) is 5.92 Å². The van der Waals surface area contributed by atoms with Crippen molar-refractivity contribution in [1.29, 1.82) is 0 Å². The van der Waals surface area contributed by atoms with Crippen molar-refractivity contribution in [1.82, 2.24) is 10.2 Å². The van der Waals surface area contributed by atoms with Gasteiger partial charge in [-0.3, -0.25) is 9.59 Å². The predicted molar refractivity (Wildman–Crippen MR) is 61.6 cm³/mol. The second kappa shape index (κ2) is 5.97. The molecule has 0 aromatic carbocycles. The van der Waals surface area contributed by atoms with Gasteiger partial charge in [-0.2, -0.15) is 0 Å². The van der Waals surface area contributed by atoms with Gasteiger partial charge in [0, 0.05) is 12.1 Å². The molecule has 1 fully saturated rings. The molecule has 1 saturated heterocycles. The normalized spacial score (nSPS) is 24.0. The highest BCUT2D eigenvalue weighted by Crippen LogP contribution is 2.17. The number of carbonyl (C=O) groups excluding carboxylic acids is 1. The van der Waals surface area contributed by atoms with Gasteiger partial charge in [0.25, 0.3) is 0 Å². The Balaban J connectivity index is 2.73. The molecule has 1 rings (SSSR count). The van der Waals surface area contributed by atoms with Gasteiger partial charge in [0.1, 0.15) is 6.54 Å². The highest BCUT2D eigenvalue weighted by atomic mass is 16.5. The summed E-state index contributed by atoms with van der Waals surface area (Å²) in [6.45, 7) is 4.21. The van der Waals surface area contributed by atoms with E-state index in [0.717, 1.165) is 0 Å². The number of likely N-dealkylation sites (N-methyl/N-ethyl adjacent to an activating group) is 1. The maximum absolute atomic E-state index is 12.2. The van der Waals surface area contributed by atoms with Crippen LogP contribution < -0.4 is 5.32 Å². The number of hydrogen-bond acceptors (Lipinski definition) is 4. The van der Waals surface area contributed by atoms with E-state index in [1.165, 1.54) is 4.90 Å². The van der Waals surface area contributed by atoms with Gasteiger partial charge in [-0.25, -0.2) is 0 Å². The first kappa shape index (κ1) is 13.9. The molecule has 1 heterocycles. The minimum absolute atomic E-state index is 0.0301. The summed E-state index contributed by atoms with van der Waals surface area (Å²) in [6.07, 6.45) is 0. The van der Waals surface area contributed by atoms with E-state index in [4.69, 9.17) is 9.84 Å². The first-order valence-electron chi connectivity index (χ1n) is 5.74. The summed E-state index contributed by atoms with van der Waals surface area (Å²) in [5.41, 5.74) is 0. The van der Waals surface area contributed by atoms with Gasteiger partial charge >= 0.3 is 5.97 Å². The first-order valence-corrected chi connectivity index (χ1v) is 5.74. The Labute approximate surface area is 101 Å². The van der Waals surface area contributed by atoms with E-state index in [0.29, 0.717) is 13.2 Å². The Morgan fingerprint density at radius 1 is 1.47 bits per heavy atom. The zero-order chi connectivity index (χ0) is 13.0. The largest absolute Gasteiger partial charge is 0.480 e. The molecule has 0 bridgehead atoms. The maximum atomic E-state index is 12.2. The van der Waals surface area contributed by atoms with Crippen LogP contribution in [0.1, 0.15) is 13.8 Å². The van der Waals surface area contributed by atoms with Crippen LogP contribution >= 0.6 is 0 Å². The van der Waals surface area contributed by atoms with Crippen LogP contribution in [0.5, 0.6) is 0 Å². The lowest BCUT2D eigenvalue weighted by molar-refractivity contribution is -0.148. The topological polar surface area (TPSA) is 78.9 Å². The molecular formula is C11H20N2O4. The van der Waals surface area contributed by atoms with Crippen LogP contribution in [0, 0.1) is 5.92 Å². The number of carboxylic acids is 1. The van der Waals surface area contributed by atoms with E-state index in [9.17, 15) is 9.59 Å². The van der Waals surface area contributed by atoms with Crippen LogP contribution in [-0.2, 0) is 14.3 Å². The van der Waals surface area contributed by atoms with Crippen molar-refractivity contribution >= 4 is 11.9 Å². The van der Waals surface area contributed by atoms with E-state index in [-0.39, 0.29) is 30.5 Å². The molecule has 6 nitrogen and oxygen atoms in total. The fourth-order valence-corrected chi connectivity index (χ4v) is 1.96. The standard InChI is InChI=1S/C11H20N2O4/c1-7(2)13(4-10(14)15)11(16)8-5-17-6-9(8)12-3/h7-9,12H,4-6H2,1-3H3,(H,14,15). The Hall–Kier alpha value is -1.14. The van der Waals surface area contributed by atoms with Crippen molar-refractivity contribution in [3.63, 3.8) is 0 Å². The monoisotopic (exact) mass is 244 g/mol. The van der Waals surface area contributed by atoms with Crippen LogP contribution in [0.4, 0.5) is 0 Å². The molecule has 6 heteroatoms. The molecular weight excluding hydrogens is 224 g/mol. The molecule has 0 aliphatic carbocycles. The molecule has 2 N–H and O–H groups in total. The number of amides is 1. The number of carbonyl (C=O) groups is 2. The third-order valence-electron chi connectivity index (χ3n) is 2.98. The molecule has 1 aliphatic rings.